The van der Waals surface area contributed by atoms with E-state index in [4.69, 9.17) is 18.9 Å². The quantitative estimate of drug-likeness (QED) is 0.0826. The average molecular weight is 996 g/mol. The lowest BCUT2D eigenvalue weighted by Crippen LogP contribution is -2.42. The molecule has 2 aromatic heterocycles. The Morgan fingerprint density at radius 3 is 1.94 bits per heavy atom. The number of amides is 1. The molecule has 0 fully saturated rings. The highest BCUT2D eigenvalue weighted by Crippen LogP contribution is 2.43. The van der Waals surface area contributed by atoms with E-state index in [9.17, 15) is 23.6 Å². The average Bonchev–Trinajstić information content (AvgIpc) is 3.99. The van der Waals surface area contributed by atoms with Crippen LogP contribution in [0.25, 0.3) is 32.7 Å². The molecule has 0 aliphatic rings. The predicted octanol–water partition coefficient (Wildman–Crippen LogP) is 6.12. The number of aliphatic hydroxyl groups excluding tert-OH is 1. The maximum Gasteiger partial charge on any atom is 0.407 e. The number of nitrogens with zero attached hydrogens (tertiary/aromatic N) is 7. The number of para-hydroxylation sites is 1. The highest BCUT2D eigenvalue weighted by atomic mass is 32.2. The second-order valence-electron chi connectivity index (χ2n) is 16.4. The third-order valence-corrected chi connectivity index (χ3v) is 14.8. The van der Waals surface area contributed by atoms with Crippen LogP contribution in [0.1, 0.15) is 42.5 Å². The number of rotatable bonds is 19. The standard InChI is InChI=1S/C47H49N9O10S3/c1-47(2,3)66-46(58)49-25-33(57)26-50-68(59,60)40-23-22-37(38-8-7-9-39-43(38)51-41(24-48)67-39)42(45-52-54-56(53-45)29-32-14-20-36(65-6)21-15-32)44(40)69(61,62)55(27-30-10-16-34(63-4)17-11-30)28-31-12-18-35(64-5)19-13-31/h7-23,33,50,57H,25-29H2,1-6H3,(H,49,58). The summed E-state index contributed by atoms with van der Waals surface area (Å²) in [7, 11) is -5.37. The van der Waals surface area contributed by atoms with Gasteiger partial charge < -0.3 is 29.4 Å². The molecular formula is C47H49N9O10S3. The number of carbonyl (C=O) groups excluding carboxylic acids is 1. The molecule has 19 nitrogen and oxygen atoms in total. The monoisotopic (exact) mass is 995 g/mol. The Bertz CT molecular complexity index is 3160. The summed E-state index contributed by atoms with van der Waals surface area (Å²) in [4.78, 5) is 16.8. The van der Waals surface area contributed by atoms with Gasteiger partial charge in [0.15, 0.2) is 5.01 Å². The number of nitrogens with one attached hydrogen (secondary N) is 2. The molecule has 7 rings (SSSR count). The summed E-state index contributed by atoms with van der Waals surface area (Å²) in [6, 6.07) is 30.4. The van der Waals surface area contributed by atoms with Crippen LogP contribution in [0.3, 0.4) is 0 Å². The number of sulfonamides is 2. The molecule has 0 saturated heterocycles. The zero-order valence-corrected chi connectivity index (χ0v) is 40.9. The summed E-state index contributed by atoms with van der Waals surface area (Å²) >= 11 is 1.13. The Kier molecular flexibility index (Phi) is 15.3. The van der Waals surface area contributed by atoms with E-state index in [-0.39, 0.29) is 41.6 Å². The first-order chi connectivity index (χ1) is 32.9. The van der Waals surface area contributed by atoms with Gasteiger partial charge in [-0.3, -0.25) is 0 Å². The molecule has 69 heavy (non-hydrogen) atoms. The number of benzene rings is 5. The first kappa shape index (κ1) is 49.9. The van der Waals surface area contributed by atoms with E-state index < -0.39 is 60.7 Å². The number of aromatic nitrogens is 5. The second-order valence-corrected chi connectivity index (χ2v) is 21.1. The normalized spacial score (nSPS) is 12.4. The van der Waals surface area contributed by atoms with E-state index in [2.05, 4.69) is 36.5 Å². The molecule has 5 aromatic carbocycles. The molecular weight excluding hydrogens is 947 g/mol. The van der Waals surface area contributed by atoms with Crippen LogP contribution < -0.4 is 24.2 Å². The van der Waals surface area contributed by atoms with Gasteiger partial charge in [-0.2, -0.15) is 14.4 Å². The Morgan fingerprint density at radius 2 is 1.39 bits per heavy atom. The highest BCUT2D eigenvalue weighted by molar-refractivity contribution is 7.92. The van der Waals surface area contributed by atoms with E-state index in [0.717, 1.165) is 27.3 Å². The summed E-state index contributed by atoms with van der Waals surface area (Å²) in [6.07, 6.45) is -2.32. The van der Waals surface area contributed by atoms with Crippen molar-refractivity contribution in [1.82, 2.24) is 39.5 Å². The van der Waals surface area contributed by atoms with Crippen molar-refractivity contribution in [1.29, 1.82) is 5.26 Å². The Balaban J connectivity index is 1.45. The molecule has 2 heterocycles. The molecule has 7 aromatic rings. The summed E-state index contributed by atoms with van der Waals surface area (Å²) < 4.78 is 87.1. The fraction of sp³-hybridized carbons (Fsp3) is 0.277. The van der Waals surface area contributed by atoms with Crippen molar-refractivity contribution in [2.75, 3.05) is 34.4 Å². The minimum absolute atomic E-state index is 0.0808. The molecule has 0 spiro atoms. The molecule has 3 N–H and O–H groups in total. The third-order valence-electron chi connectivity index (χ3n) is 10.4. The lowest BCUT2D eigenvalue weighted by molar-refractivity contribution is 0.0494. The van der Waals surface area contributed by atoms with E-state index in [1.807, 2.05) is 0 Å². The number of fused-ring (bicyclic) bond motifs is 1. The van der Waals surface area contributed by atoms with E-state index in [1.165, 1.54) is 25.1 Å². The molecule has 0 aliphatic carbocycles. The van der Waals surface area contributed by atoms with Crippen molar-refractivity contribution in [2.24, 2.45) is 0 Å². The van der Waals surface area contributed by atoms with Crippen molar-refractivity contribution in [3.63, 3.8) is 0 Å². The number of methoxy groups -OCH3 is 3. The zero-order chi connectivity index (χ0) is 49.5. The first-order valence-corrected chi connectivity index (χ1v) is 24.9. The van der Waals surface area contributed by atoms with E-state index >= 15 is 8.42 Å². The van der Waals surface area contributed by atoms with Gasteiger partial charge in [0, 0.05) is 31.7 Å². The SMILES string of the molecule is COc1ccc(CN(Cc2ccc(OC)cc2)S(=O)(=O)c2c(S(=O)(=O)NCC(O)CNC(=O)OC(C)(C)C)ccc(-c3cccc4sc(C#N)nc34)c2-c2nnn(Cc3ccc(OC)cc3)n2)cc1. The number of nitriles is 1. The van der Waals surface area contributed by atoms with Crippen LogP contribution in [0.2, 0.25) is 0 Å². The van der Waals surface area contributed by atoms with Gasteiger partial charge in [-0.05, 0) is 96.8 Å². The fourth-order valence-corrected chi connectivity index (χ4v) is 11.4. The minimum atomic E-state index is -5.02. The second kappa shape index (κ2) is 21.1. The molecule has 0 radical (unpaired) electrons. The number of carbonyl (C=O) groups is 1. The first-order valence-electron chi connectivity index (χ1n) is 21.2. The summed E-state index contributed by atoms with van der Waals surface area (Å²) in [5, 5.41) is 36.7. The van der Waals surface area contributed by atoms with Gasteiger partial charge in [-0.25, -0.2) is 31.3 Å². The highest BCUT2D eigenvalue weighted by Gasteiger charge is 2.38. The number of tetrazole rings is 1. The van der Waals surface area contributed by atoms with Crippen LogP contribution >= 0.6 is 11.3 Å². The van der Waals surface area contributed by atoms with Gasteiger partial charge in [0.2, 0.25) is 25.9 Å². The molecule has 1 unspecified atom stereocenters. The van der Waals surface area contributed by atoms with Gasteiger partial charge in [0.05, 0.1) is 49.8 Å². The lowest BCUT2D eigenvalue weighted by Gasteiger charge is -2.26. The van der Waals surface area contributed by atoms with Crippen molar-refractivity contribution in [3.05, 3.63) is 125 Å². The van der Waals surface area contributed by atoms with Crippen molar-refractivity contribution >= 4 is 47.7 Å². The molecule has 0 bridgehead atoms. The van der Waals surface area contributed by atoms with Crippen LogP contribution in [-0.2, 0) is 44.4 Å². The fourth-order valence-electron chi connectivity index (χ4n) is 7.09. The molecule has 0 aliphatic heterocycles. The maximum atomic E-state index is 16.1. The number of thiazole rings is 1. The zero-order valence-electron chi connectivity index (χ0n) is 38.4. The Hall–Kier alpha value is -7.00. The smallest absolute Gasteiger partial charge is 0.407 e. The maximum absolute atomic E-state index is 16.1. The summed E-state index contributed by atoms with van der Waals surface area (Å²) in [5.41, 5.74) is 1.59. The van der Waals surface area contributed by atoms with Crippen molar-refractivity contribution in [2.45, 2.75) is 61.9 Å². The summed E-state index contributed by atoms with van der Waals surface area (Å²) in [5.74, 6) is 1.42. The van der Waals surface area contributed by atoms with E-state index in [0.29, 0.717) is 44.2 Å². The minimum Gasteiger partial charge on any atom is -0.497 e. The predicted molar refractivity (Wildman–Crippen MR) is 257 cm³/mol. The van der Waals surface area contributed by atoms with Gasteiger partial charge in [-0.15, -0.1) is 21.5 Å². The van der Waals surface area contributed by atoms with Gasteiger partial charge >= 0.3 is 6.09 Å². The molecule has 1 amide bonds. The van der Waals surface area contributed by atoms with E-state index in [1.54, 1.807) is 119 Å². The summed E-state index contributed by atoms with van der Waals surface area (Å²) in [6.45, 7) is 3.50. The third kappa shape index (κ3) is 12.0. The van der Waals surface area contributed by atoms with Crippen molar-refractivity contribution < 1.29 is 45.7 Å². The molecule has 0 saturated carbocycles. The number of hydrogen-bond acceptors (Lipinski definition) is 16. The Labute approximate surface area is 403 Å². The van der Waals surface area contributed by atoms with Crippen LogP contribution in [0, 0.1) is 11.3 Å². The van der Waals surface area contributed by atoms with Gasteiger partial charge in [0.1, 0.15) is 38.7 Å². The topological polar surface area (TPSA) is 250 Å². The molecule has 22 heteroatoms. The number of hydrogen-bond donors (Lipinski definition) is 3. The van der Waals surface area contributed by atoms with Gasteiger partial charge in [-0.1, -0.05) is 54.6 Å². The molecule has 360 valence electrons. The number of aliphatic hydroxyl groups is 1. The number of ether oxygens (including phenoxy) is 4. The molecule has 1 atom stereocenters. The van der Waals surface area contributed by atoms with Crippen LogP contribution in [-0.4, -0.2) is 104 Å². The lowest BCUT2D eigenvalue weighted by atomic mass is 9.98. The van der Waals surface area contributed by atoms with Crippen LogP contribution in [0.5, 0.6) is 17.2 Å². The number of alkyl carbamates (subject to hydrolysis) is 1. The van der Waals surface area contributed by atoms with Crippen molar-refractivity contribution in [3.8, 4) is 45.8 Å². The van der Waals surface area contributed by atoms with Gasteiger partial charge in [0.25, 0.3) is 0 Å². The van der Waals surface area contributed by atoms with Crippen LogP contribution in [0.4, 0.5) is 4.79 Å². The van der Waals surface area contributed by atoms with Crippen LogP contribution in [0.15, 0.2) is 113 Å². The Morgan fingerprint density at radius 1 is 0.812 bits per heavy atom. The largest absolute Gasteiger partial charge is 0.497 e.